The van der Waals surface area contributed by atoms with E-state index in [4.69, 9.17) is 4.74 Å². The zero-order chi connectivity index (χ0) is 18.7. The minimum atomic E-state index is -0.695. The molecule has 0 saturated heterocycles. The Labute approximate surface area is 149 Å². The molecule has 0 aliphatic heterocycles. The van der Waals surface area contributed by atoms with Crippen LogP contribution in [0.3, 0.4) is 0 Å². The van der Waals surface area contributed by atoms with Crippen LogP contribution >= 0.6 is 0 Å². The summed E-state index contributed by atoms with van der Waals surface area (Å²) in [6.07, 6.45) is 3.38. The predicted octanol–water partition coefficient (Wildman–Crippen LogP) is 3.78. The van der Waals surface area contributed by atoms with Crippen LogP contribution in [0.25, 0.3) is 0 Å². The number of nitrogens with zero attached hydrogens (tertiary/aromatic N) is 3. The molecular weight excluding hydrogens is 320 g/mol. The van der Waals surface area contributed by atoms with Crippen molar-refractivity contribution in [3.05, 3.63) is 30.3 Å². The van der Waals surface area contributed by atoms with E-state index < -0.39 is 12.1 Å². The molecule has 0 heterocycles. The van der Waals surface area contributed by atoms with Gasteiger partial charge in [-0.3, -0.25) is 4.90 Å². The summed E-state index contributed by atoms with van der Waals surface area (Å²) in [4.78, 5) is 31.0. The number of unbranched alkanes of at least 4 members (excludes halogenated alkanes) is 3. The first kappa shape index (κ1) is 20.5. The van der Waals surface area contributed by atoms with Crippen molar-refractivity contribution in [2.45, 2.75) is 32.6 Å². The van der Waals surface area contributed by atoms with E-state index in [2.05, 4.69) is 17.2 Å². The third kappa shape index (κ3) is 7.69. The highest BCUT2D eigenvalue weighted by Gasteiger charge is 2.19. The highest BCUT2D eigenvalue weighted by Crippen LogP contribution is 2.07. The molecule has 1 N–H and O–H groups in total. The SMILES string of the molecule is CCCCCCOC(=O)N=C(N(C)C)N(C)C(=O)Nc1ccccc1. The highest BCUT2D eigenvalue weighted by atomic mass is 16.5. The molecule has 0 atom stereocenters. The Kier molecular flexibility index (Phi) is 9.06. The molecule has 1 aromatic carbocycles. The van der Waals surface area contributed by atoms with Gasteiger partial charge in [0, 0.05) is 26.8 Å². The number of benzene rings is 1. The zero-order valence-corrected chi connectivity index (χ0v) is 15.5. The molecule has 0 spiro atoms. The van der Waals surface area contributed by atoms with Crippen molar-refractivity contribution >= 4 is 23.8 Å². The highest BCUT2D eigenvalue weighted by molar-refractivity contribution is 6.04. The van der Waals surface area contributed by atoms with Gasteiger partial charge in [-0.25, -0.2) is 9.59 Å². The molecule has 138 valence electrons. The number of carbonyl (C=O) groups is 2. The molecule has 0 saturated carbocycles. The van der Waals surface area contributed by atoms with E-state index in [0.29, 0.717) is 12.3 Å². The monoisotopic (exact) mass is 348 g/mol. The van der Waals surface area contributed by atoms with Crippen molar-refractivity contribution in [3.63, 3.8) is 0 Å². The third-order valence-electron chi connectivity index (χ3n) is 3.44. The van der Waals surface area contributed by atoms with Gasteiger partial charge in [-0.1, -0.05) is 44.4 Å². The van der Waals surface area contributed by atoms with E-state index >= 15 is 0 Å². The van der Waals surface area contributed by atoms with E-state index in [1.807, 2.05) is 18.2 Å². The number of anilines is 1. The van der Waals surface area contributed by atoms with Crippen molar-refractivity contribution in [1.29, 1.82) is 0 Å². The topological polar surface area (TPSA) is 74.2 Å². The van der Waals surface area contributed by atoms with Crippen LogP contribution < -0.4 is 5.32 Å². The molecule has 7 heteroatoms. The quantitative estimate of drug-likeness (QED) is 0.482. The predicted molar refractivity (Wildman–Crippen MR) is 99.8 cm³/mol. The fourth-order valence-corrected chi connectivity index (χ4v) is 2.10. The summed E-state index contributed by atoms with van der Waals surface area (Å²) in [5.74, 6) is 0.201. The fourth-order valence-electron chi connectivity index (χ4n) is 2.10. The van der Waals surface area contributed by atoms with E-state index in [9.17, 15) is 9.59 Å². The van der Waals surface area contributed by atoms with Crippen LogP contribution in [0, 0.1) is 0 Å². The van der Waals surface area contributed by atoms with E-state index in [0.717, 1.165) is 25.7 Å². The van der Waals surface area contributed by atoms with Crippen LogP contribution in [-0.4, -0.2) is 55.6 Å². The Bertz CT molecular complexity index is 573. The van der Waals surface area contributed by atoms with Gasteiger partial charge in [-0.15, -0.1) is 4.99 Å². The number of guanidine groups is 1. The van der Waals surface area contributed by atoms with Crippen LogP contribution in [0.5, 0.6) is 0 Å². The molecule has 0 aromatic heterocycles. The summed E-state index contributed by atoms with van der Waals surface area (Å²) in [7, 11) is 4.96. The second-order valence-corrected chi connectivity index (χ2v) is 5.84. The third-order valence-corrected chi connectivity index (χ3v) is 3.44. The van der Waals surface area contributed by atoms with E-state index in [1.54, 1.807) is 38.2 Å². The minimum absolute atomic E-state index is 0.201. The lowest BCUT2D eigenvalue weighted by molar-refractivity contribution is 0.154. The molecule has 0 radical (unpaired) electrons. The molecular formula is C18H28N4O3. The lowest BCUT2D eigenvalue weighted by Gasteiger charge is -2.24. The van der Waals surface area contributed by atoms with Crippen molar-refractivity contribution in [1.82, 2.24) is 9.80 Å². The van der Waals surface area contributed by atoms with Gasteiger partial charge in [0.15, 0.2) is 0 Å². The molecule has 0 unspecified atom stereocenters. The van der Waals surface area contributed by atoms with Crippen LogP contribution in [0.2, 0.25) is 0 Å². The molecule has 0 fully saturated rings. The number of ether oxygens (including phenoxy) is 1. The maximum absolute atomic E-state index is 12.3. The largest absolute Gasteiger partial charge is 0.448 e. The maximum atomic E-state index is 12.3. The van der Waals surface area contributed by atoms with Gasteiger partial charge < -0.3 is 15.0 Å². The van der Waals surface area contributed by atoms with E-state index in [1.165, 1.54) is 4.90 Å². The van der Waals surface area contributed by atoms with Gasteiger partial charge in [0.1, 0.15) is 0 Å². The van der Waals surface area contributed by atoms with Crippen molar-refractivity contribution in [2.24, 2.45) is 4.99 Å². The summed E-state index contributed by atoms with van der Waals surface area (Å²) < 4.78 is 5.11. The lowest BCUT2D eigenvalue weighted by atomic mass is 10.2. The Morgan fingerprint density at radius 1 is 1.08 bits per heavy atom. The molecule has 7 nitrogen and oxygen atoms in total. The first-order valence-electron chi connectivity index (χ1n) is 8.48. The lowest BCUT2D eigenvalue weighted by Crippen LogP contribution is -2.44. The number of carbonyl (C=O) groups excluding carboxylic acids is 2. The van der Waals surface area contributed by atoms with Crippen LogP contribution in [0.4, 0.5) is 15.3 Å². The Balaban J connectivity index is 2.64. The number of rotatable bonds is 6. The van der Waals surface area contributed by atoms with Crippen LogP contribution in [0.1, 0.15) is 32.6 Å². The summed E-state index contributed by atoms with van der Waals surface area (Å²) in [6, 6.07) is 8.68. The van der Waals surface area contributed by atoms with Gasteiger partial charge in [-0.2, -0.15) is 0 Å². The average molecular weight is 348 g/mol. The molecule has 25 heavy (non-hydrogen) atoms. The number of aliphatic imine (C=N–C) groups is 1. The van der Waals surface area contributed by atoms with E-state index in [-0.39, 0.29) is 5.96 Å². The van der Waals surface area contributed by atoms with Gasteiger partial charge in [0.05, 0.1) is 6.61 Å². The normalized spacial score (nSPS) is 11.0. The summed E-state index contributed by atoms with van der Waals surface area (Å²) in [5.41, 5.74) is 0.663. The zero-order valence-electron chi connectivity index (χ0n) is 15.5. The molecule has 3 amide bonds. The summed E-state index contributed by atoms with van der Waals surface area (Å²) in [5, 5.41) is 2.74. The van der Waals surface area contributed by atoms with Gasteiger partial charge in [0.25, 0.3) is 0 Å². The van der Waals surface area contributed by atoms with Crippen molar-refractivity contribution in [3.8, 4) is 0 Å². The number of hydrogen-bond donors (Lipinski definition) is 1. The fraction of sp³-hybridized carbons (Fsp3) is 0.500. The second-order valence-electron chi connectivity index (χ2n) is 5.84. The molecule has 0 aliphatic rings. The van der Waals surface area contributed by atoms with Crippen LogP contribution in [-0.2, 0) is 4.74 Å². The van der Waals surface area contributed by atoms with Gasteiger partial charge >= 0.3 is 12.1 Å². The Morgan fingerprint density at radius 3 is 2.36 bits per heavy atom. The van der Waals surface area contributed by atoms with Crippen molar-refractivity contribution < 1.29 is 14.3 Å². The number of amides is 3. The summed E-state index contributed by atoms with van der Waals surface area (Å²) in [6.45, 7) is 2.46. The maximum Gasteiger partial charge on any atom is 0.436 e. The molecule has 0 aliphatic carbocycles. The number of urea groups is 1. The molecule has 1 rings (SSSR count). The van der Waals surface area contributed by atoms with Gasteiger partial charge in [-0.05, 0) is 18.6 Å². The first-order valence-corrected chi connectivity index (χ1v) is 8.48. The summed E-state index contributed by atoms with van der Waals surface area (Å²) >= 11 is 0. The van der Waals surface area contributed by atoms with Crippen molar-refractivity contribution in [2.75, 3.05) is 33.1 Å². The van der Waals surface area contributed by atoms with Gasteiger partial charge in [0.2, 0.25) is 5.96 Å². The number of para-hydroxylation sites is 1. The Hall–Kier alpha value is -2.57. The molecule has 0 bridgehead atoms. The number of nitrogens with one attached hydrogen (secondary N) is 1. The second kappa shape index (κ2) is 11.1. The first-order chi connectivity index (χ1) is 12.0. The average Bonchev–Trinajstić information content (AvgIpc) is 2.59. The number of hydrogen-bond acceptors (Lipinski definition) is 3. The smallest absolute Gasteiger partial charge is 0.436 e. The minimum Gasteiger partial charge on any atom is -0.448 e. The molecule has 1 aromatic rings. The van der Waals surface area contributed by atoms with Crippen LogP contribution in [0.15, 0.2) is 35.3 Å². The Morgan fingerprint density at radius 2 is 1.76 bits per heavy atom. The standard InChI is InChI=1S/C18H28N4O3/c1-5-6-7-11-14-25-18(24)20-16(21(2)3)22(4)17(23)19-15-12-9-8-10-13-15/h8-10,12-13H,5-7,11,14H2,1-4H3,(H,19,23).